The molecule has 1 amide bonds. The van der Waals surface area contributed by atoms with E-state index in [1.54, 1.807) is 6.07 Å². The van der Waals surface area contributed by atoms with Gasteiger partial charge in [0.25, 0.3) is 5.91 Å². The zero-order valence-electron chi connectivity index (χ0n) is 13.5. The second kappa shape index (κ2) is 8.25. The predicted molar refractivity (Wildman–Crippen MR) is 105 cm³/mol. The van der Waals surface area contributed by atoms with Crippen molar-refractivity contribution < 1.29 is 13.6 Å². The van der Waals surface area contributed by atoms with Crippen LogP contribution in [0, 0.1) is 5.82 Å². The molecule has 3 aromatic rings. The van der Waals surface area contributed by atoms with E-state index in [0.29, 0.717) is 12.3 Å². The van der Waals surface area contributed by atoms with Crippen molar-refractivity contribution in [3.8, 4) is 11.3 Å². The van der Waals surface area contributed by atoms with E-state index in [4.69, 9.17) is 16.6 Å². The summed E-state index contributed by atoms with van der Waals surface area (Å²) in [7, 11) is 0. The van der Waals surface area contributed by atoms with Crippen molar-refractivity contribution in [2.75, 3.05) is 0 Å². The number of halogens is 2. The molecular weight excluding hydrogens is 419 g/mol. The molecule has 0 aliphatic carbocycles. The van der Waals surface area contributed by atoms with E-state index in [-0.39, 0.29) is 10.7 Å². The largest absolute Gasteiger partial charge is 0.459 e. The van der Waals surface area contributed by atoms with E-state index in [9.17, 15) is 9.18 Å². The summed E-state index contributed by atoms with van der Waals surface area (Å²) in [6.07, 6.45) is 0. The Labute approximate surface area is 163 Å². The molecule has 0 aliphatic heterocycles. The molecule has 0 aliphatic rings. The molecule has 132 valence electrons. The maximum Gasteiger partial charge on any atom is 0.260 e. The number of carbonyl (C=O) groups is 1. The van der Waals surface area contributed by atoms with Crippen molar-refractivity contribution in [3.05, 3.63) is 82.3 Å². The van der Waals surface area contributed by atoms with Crippen LogP contribution in [0.5, 0.6) is 0 Å². The van der Waals surface area contributed by atoms with E-state index in [1.807, 2.05) is 36.4 Å². The maximum atomic E-state index is 13.6. The number of furan rings is 1. The summed E-state index contributed by atoms with van der Waals surface area (Å²) in [5.74, 6) is 0.189. The van der Waals surface area contributed by atoms with Crippen molar-refractivity contribution in [2.45, 2.75) is 6.54 Å². The lowest BCUT2D eigenvalue weighted by molar-refractivity contribution is 0.0972. The number of thiocarbonyl (C=S) groups is 1. The first-order chi connectivity index (χ1) is 12.5. The van der Waals surface area contributed by atoms with Crippen LogP contribution < -0.4 is 10.6 Å². The minimum Gasteiger partial charge on any atom is -0.459 e. The topological polar surface area (TPSA) is 54.3 Å². The number of carbonyl (C=O) groups excluding carboxylic acids is 1. The fraction of sp³-hybridized carbons (Fsp3) is 0.0526. The highest BCUT2D eigenvalue weighted by atomic mass is 79.9. The molecule has 0 bridgehead atoms. The molecule has 0 saturated heterocycles. The SMILES string of the molecule is O=C(NC(=S)NCc1ccc(-c2ccc(Br)cc2)o1)c1ccccc1F. The first-order valence-corrected chi connectivity index (χ1v) is 8.91. The quantitative estimate of drug-likeness (QED) is 0.589. The Balaban J connectivity index is 1.56. The van der Waals surface area contributed by atoms with Gasteiger partial charge in [0.05, 0.1) is 12.1 Å². The molecule has 2 N–H and O–H groups in total. The van der Waals surface area contributed by atoms with Crippen LogP contribution in [0.15, 0.2) is 69.6 Å². The van der Waals surface area contributed by atoms with Crippen molar-refractivity contribution in [2.24, 2.45) is 0 Å². The zero-order valence-corrected chi connectivity index (χ0v) is 15.9. The molecule has 0 saturated carbocycles. The molecule has 0 spiro atoms. The predicted octanol–water partition coefficient (Wildman–Crippen LogP) is 4.65. The molecular formula is C19H14BrFN2O2S. The first kappa shape index (κ1) is 18.3. The van der Waals surface area contributed by atoms with Crippen LogP contribution in [0.1, 0.15) is 16.1 Å². The Kier molecular flexibility index (Phi) is 5.80. The molecule has 0 atom stereocenters. The Morgan fingerprint density at radius 1 is 1.08 bits per heavy atom. The van der Waals surface area contributed by atoms with Gasteiger partial charge in [-0.1, -0.05) is 40.2 Å². The van der Waals surface area contributed by atoms with Crippen LogP contribution in [-0.2, 0) is 6.54 Å². The van der Waals surface area contributed by atoms with Gasteiger partial charge in [-0.15, -0.1) is 0 Å². The van der Waals surface area contributed by atoms with Gasteiger partial charge in [0.15, 0.2) is 5.11 Å². The van der Waals surface area contributed by atoms with Crippen molar-refractivity contribution in [1.82, 2.24) is 10.6 Å². The molecule has 4 nitrogen and oxygen atoms in total. The third kappa shape index (κ3) is 4.56. The second-order valence-corrected chi connectivity index (χ2v) is 6.71. The lowest BCUT2D eigenvalue weighted by Crippen LogP contribution is -2.39. The highest BCUT2D eigenvalue weighted by Crippen LogP contribution is 2.23. The second-order valence-electron chi connectivity index (χ2n) is 5.39. The minimum absolute atomic E-state index is 0.0628. The summed E-state index contributed by atoms with van der Waals surface area (Å²) < 4.78 is 20.3. The highest BCUT2D eigenvalue weighted by Gasteiger charge is 2.12. The minimum atomic E-state index is -0.601. The standard InChI is InChI=1S/C19H14BrFN2O2S/c20-13-7-5-12(6-8-13)17-10-9-14(25-17)11-22-19(26)23-18(24)15-3-1-2-4-16(15)21/h1-10H,11H2,(H2,22,23,24,26). The molecule has 1 aromatic heterocycles. The van der Waals surface area contributed by atoms with Gasteiger partial charge in [0, 0.05) is 10.0 Å². The van der Waals surface area contributed by atoms with Gasteiger partial charge >= 0.3 is 0 Å². The average Bonchev–Trinajstić information content (AvgIpc) is 3.10. The van der Waals surface area contributed by atoms with Gasteiger partial charge in [-0.25, -0.2) is 4.39 Å². The Morgan fingerprint density at radius 2 is 1.81 bits per heavy atom. The zero-order chi connectivity index (χ0) is 18.5. The fourth-order valence-corrected chi connectivity index (χ4v) is 2.70. The number of benzene rings is 2. The maximum absolute atomic E-state index is 13.6. The molecule has 0 fully saturated rings. The van der Waals surface area contributed by atoms with Crippen molar-refractivity contribution in [1.29, 1.82) is 0 Å². The van der Waals surface area contributed by atoms with Gasteiger partial charge in [-0.05, 0) is 48.6 Å². The summed E-state index contributed by atoms with van der Waals surface area (Å²) in [6.45, 7) is 0.299. The highest BCUT2D eigenvalue weighted by molar-refractivity contribution is 9.10. The normalized spacial score (nSPS) is 10.4. The van der Waals surface area contributed by atoms with E-state index in [2.05, 4.69) is 26.6 Å². The average molecular weight is 433 g/mol. The van der Waals surface area contributed by atoms with E-state index in [1.165, 1.54) is 18.2 Å². The Morgan fingerprint density at radius 3 is 2.54 bits per heavy atom. The van der Waals surface area contributed by atoms with Crippen LogP contribution in [-0.4, -0.2) is 11.0 Å². The molecule has 0 unspecified atom stereocenters. The van der Waals surface area contributed by atoms with E-state index < -0.39 is 11.7 Å². The van der Waals surface area contributed by atoms with Crippen LogP contribution in [0.25, 0.3) is 11.3 Å². The van der Waals surface area contributed by atoms with Gasteiger partial charge in [-0.3, -0.25) is 10.1 Å². The van der Waals surface area contributed by atoms with Crippen LogP contribution >= 0.6 is 28.1 Å². The third-order valence-electron chi connectivity index (χ3n) is 3.56. The molecule has 0 radical (unpaired) electrons. The molecule has 2 aromatic carbocycles. The summed E-state index contributed by atoms with van der Waals surface area (Å²) in [4.78, 5) is 12.0. The van der Waals surface area contributed by atoms with Gasteiger partial charge in [0.1, 0.15) is 17.3 Å². The van der Waals surface area contributed by atoms with Crippen molar-refractivity contribution >= 4 is 39.2 Å². The summed E-state index contributed by atoms with van der Waals surface area (Å²) >= 11 is 8.47. The fourth-order valence-electron chi connectivity index (χ4n) is 2.27. The molecule has 26 heavy (non-hydrogen) atoms. The number of amides is 1. The van der Waals surface area contributed by atoms with Gasteiger partial charge in [0.2, 0.25) is 0 Å². The van der Waals surface area contributed by atoms with Crippen LogP contribution in [0.3, 0.4) is 0 Å². The van der Waals surface area contributed by atoms with E-state index >= 15 is 0 Å². The van der Waals surface area contributed by atoms with Crippen LogP contribution in [0.4, 0.5) is 4.39 Å². The Bertz CT molecular complexity index is 941. The summed E-state index contributed by atoms with van der Waals surface area (Å²) in [5.41, 5.74) is 0.891. The molecule has 7 heteroatoms. The summed E-state index contributed by atoms with van der Waals surface area (Å²) in [6, 6.07) is 17.2. The van der Waals surface area contributed by atoms with Crippen LogP contribution in [0.2, 0.25) is 0 Å². The smallest absolute Gasteiger partial charge is 0.260 e. The summed E-state index contributed by atoms with van der Waals surface area (Å²) in [5, 5.41) is 5.41. The van der Waals surface area contributed by atoms with Crippen molar-refractivity contribution in [3.63, 3.8) is 0 Å². The van der Waals surface area contributed by atoms with E-state index in [0.717, 1.165) is 15.8 Å². The third-order valence-corrected chi connectivity index (χ3v) is 4.33. The first-order valence-electron chi connectivity index (χ1n) is 7.71. The van der Waals surface area contributed by atoms with Gasteiger partial charge < -0.3 is 9.73 Å². The molecule has 1 heterocycles. The number of nitrogens with one attached hydrogen (secondary N) is 2. The molecule has 3 rings (SSSR count). The lowest BCUT2D eigenvalue weighted by Gasteiger charge is -2.08. The number of hydrogen-bond acceptors (Lipinski definition) is 3. The monoisotopic (exact) mass is 432 g/mol. The number of hydrogen-bond donors (Lipinski definition) is 2. The lowest BCUT2D eigenvalue weighted by atomic mass is 10.2. The Hall–Kier alpha value is -2.51. The van der Waals surface area contributed by atoms with Gasteiger partial charge in [-0.2, -0.15) is 0 Å². The number of rotatable bonds is 4.